The van der Waals surface area contributed by atoms with E-state index < -0.39 is 19.9 Å². The number of sulfone groups is 1. The van der Waals surface area contributed by atoms with Crippen LogP contribution >= 0.6 is 0 Å². The summed E-state index contributed by atoms with van der Waals surface area (Å²) in [5, 5.41) is 0. The second-order valence-electron chi connectivity index (χ2n) is 6.69. The van der Waals surface area contributed by atoms with Crippen molar-refractivity contribution in [2.75, 3.05) is 44.4 Å². The Bertz CT molecular complexity index is 890. The van der Waals surface area contributed by atoms with E-state index in [9.17, 15) is 21.6 Å². The first-order chi connectivity index (χ1) is 12.7. The molecule has 8 nitrogen and oxygen atoms in total. The molecule has 2 heterocycles. The first-order valence-electron chi connectivity index (χ1n) is 8.94. The molecule has 2 fully saturated rings. The van der Waals surface area contributed by atoms with Crippen molar-refractivity contribution in [1.82, 2.24) is 9.21 Å². The second-order valence-corrected chi connectivity index (χ2v) is 10.9. The number of sulfonamides is 1. The van der Waals surface area contributed by atoms with Crippen LogP contribution in [0.25, 0.3) is 0 Å². The van der Waals surface area contributed by atoms with Gasteiger partial charge in [0.1, 0.15) is 0 Å². The molecule has 0 saturated carbocycles. The highest BCUT2D eigenvalue weighted by Gasteiger charge is 2.34. The van der Waals surface area contributed by atoms with Crippen LogP contribution in [0.2, 0.25) is 0 Å². The van der Waals surface area contributed by atoms with Crippen LogP contribution in [0.15, 0.2) is 29.2 Å². The number of carbonyl (C=O) groups is 1. The minimum Gasteiger partial charge on any atom is -0.379 e. The third-order valence-electron chi connectivity index (χ3n) is 4.96. The number of hydrogen-bond acceptors (Lipinski definition) is 6. The average molecular weight is 417 g/mol. The van der Waals surface area contributed by atoms with Gasteiger partial charge in [-0.15, -0.1) is 0 Å². The molecule has 1 amide bonds. The fourth-order valence-corrected chi connectivity index (χ4v) is 6.60. The predicted octanol–water partition coefficient (Wildman–Crippen LogP) is 0.357. The zero-order valence-corrected chi connectivity index (χ0v) is 16.8. The summed E-state index contributed by atoms with van der Waals surface area (Å²) in [6.45, 7) is 3.55. The fourth-order valence-electron chi connectivity index (χ4n) is 3.46. The van der Waals surface area contributed by atoms with Crippen molar-refractivity contribution in [2.45, 2.75) is 24.3 Å². The lowest BCUT2D eigenvalue weighted by Gasteiger charge is -2.27. The molecule has 27 heavy (non-hydrogen) atoms. The van der Waals surface area contributed by atoms with Gasteiger partial charge in [-0.3, -0.25) is 4.79 Å². The highest BCUT2D eigenvalue weighted by Crippen LogP contribution is 2.22. The molecule has 0 unspecified atom stereocenters. The van der Waals surface area contributed by atoms with Gasteiger partial charge in [-0.2, -0.15) is 4.31 Å². The van der Waals surface area contributed by atoms with E-state index in [1.54, 1.807) is 11.8 Å². The lowest BCUT2D eigenvalue weighted by molar-refractivity contribution is 0.0708. The number of ether oxygens (including phenoxy) is 1. The van der Waals surface area contributed by atoms with Crippen molar-refractivity contribution in [2.24, 2.45) is 0 Å². The zero-order valence-electron chi connectivity index (χ0n) is 15.2. The number of carbonyl (C=O) groups excluding carboxylic acids is 1. The number of amides is 1. The maximum atomic E-state index is 12.8. The molecule has 150 valence electrons. The number of hydrogen-bond donors (Lipinski definition) is 0. The molecule has 1 aromatic carbocycles. The van der Waals surface area contributed by atoms with Crippen LogP contribution in [0.1, 0.15) is 23.7 Å². The van der Waals surface area contributed by atoms with Crippen molar-refractivity contribution in [3.8, 4) is 0 Å². The zero-order chi connectivity index (χ0) is 19.7. The molecule has 1 atom stereocenters. The van der Waals surface area contributed by atoms with Crippen LogP contribution < -0.4 is 0 Å². The van der Waals surface area contributed by atoms with Gasteiger partial charge in [0.15, 0.2) is 9.84 Å². The van der Waals surface area contributed by atoms with Crippen molar-refractivity contribution in [1.29, 1.82) is 0 Å². The molecule has 3 rings (SSSR count). The van der Waals surface area contributed by atoms with E-state index >= 15 is 0 Å². The topological polar surface area (TPSA) is 101 Å². The van der Waals surface area contributed by atoms with Gasteiger partial charge < -0.3 is 9.64 Å². The van der Waals surface area contributed by atoms with Gasteiger partial charge in [-0.25, -0.2) is 16.8 Å². The highest BCUT2D eigenvalue weighted by atomic mass is 32.2. The Morgan fingerprint density at radius 1 is 1.22 bits per heavy atom. The van der Waals surface area contributed by atoms with E-state index in [1.807, 2.05) is 0 Å². The largest absolute Gasteiger partial charge is 0.379 e. The van der Waals surface area contributed by atoms with Gasteiger partial charge >= 0.3 is 0 Å². The SMILES string of the molecule is CCN(C(=O)c1ccc(S(=O)(=O)N2CCOCC2)cc1)[C@H]1CCS(=O)(=O)C1. The summed E-state index contributed by atoms with van der Waals surface area (Å²) >= 11 is 0. The van der Waals surface area contributed by atoms with Crippen molar-refractivity contribution in [3.05, 3.63) is 29.8 Å². The lowest BCUT2D eigenvalue weighted by Crippen LogP contribution is -2.41. The van der Waals surface area contributed by atoms with Crippen LogP contribution in [0.5, 0.6) is 0 Å². The lowest BCUT2D eigenvalue weighted by atomic mass is 10.1. The number of nitrogens with zero attached hydrogens (tertiary/aromatic N) is 2. The van der Waals surface area contributed by atoms with E-state index in [0.717, 1.165) is 0 Å². The summed E-state index contributed by atoms with van der Waals surface area (Å²) in [5.74, 6) is -0.205. The van der Waals surface area contributed by atoms with Gasteiger partial charge in [0.25, 0.3) is 5.91 Å². The first-order valence-corrected chi connectivity index (χ1v) is 12.2. The van der Waals surface area contributed by atoms with Gasteiger partial charge in [0.2, 0.25) is 10.0 Å². The molecule has 0 bridgehead atoms. The molecule has 0 radical (unpaired) electrons. The van der Waals surface area contributed by atoms with Crippen LogP contribution in [0.4, 0.5) is 0 Å². The van der Waals surface area contributed by atoms with Crippen LogP contribution in [-0.4, -0.2) is 82.3 Å². The number of rotatable bonds is 5. The van der Waals surface area contributed by atoms with Gasteiger partial charge in [0, 0.05) is 31.2 Å². The molecule has 1 aromatic rings. The Kier molecular flexibility index (Phi) is 5.90. The van der Waals surface area contributed by atoms with Gasteiger partial charge in [-0.05, 0) is 37.6 Å². The summed E-state index contributed by atoms with van der Waals surface area (Å²) in [4.78, 5) is 14.5. The molecule has 2 aliphatic rings. The van der Waals surface area contributed by atoms with Crippen molar-refractivity contribution >= 4 is 25.8 Å². The Morgan fingerprint density at radius 2 is 1.85 bits per heavy atom. The fraction of sp³-hybridized carbons (Fsp3) is 0.588. The van der Waals surface area contributed by atoms with Crippen LogP contribution in [-0.2, 0) is 24.6 Å². The first kappa shape index (κ1) is 20.2. The Morgan fingerprint density at radius 3 is 2.37 bits per heavy atom. The normalized spacial score (nSPS) is 23.2. The monoisotopic (exact) mass is 416 g/mol. The third-order valence-corrected chi connectivity index (χ3v) is 8.62. The standard InChI is InChI=1S/C17H24N2O6S2/c1-2-19(15-7-12-26(21,22)13-15)17(20)14-3-5-16(6-4-14)27(23,24)18-8-10-25-11-9-18/h3-6,15H,2,7-13H2,1H3/t15-/m0/s1. The molecule has 2 aliphatic heterocycles. The van der Waals surface area contributed by atoms with Crippen LogP contribution in [0.3, 0.4) is 0 Å². The summed E-state index contributed by atoms with van der Waals surface area (Å²) in [6.07, 6.45) is 0.436. The Balaban J connectivity index is 1.77. The second kappa shape index (κ2) is 7.86. The molecule has 0 aliphatic carbocycles. The summed E-state index contributed by atoms with van der Waals surface area (Å²) in [6, 6.07) is 5.50. The van der Waals surface area contributed by atoms with E-state index in [1.165, 1.54) is 28.6 Å². The molecule has 2 saturated heterocycles. The average Bonchev–Trinajstić information content (AvgIpc) is 3.02. The summed E-state index contributed by atoms with van der Waals surface area (Å²) < 4.78 is 55.3. The summed E-state index contributed by atoms with van der Waals surface area (Å²) in [5.41, 5.74) is 0.349. The molecular formula is C17H24N2O6S2. The van der Waals surface area contributed by atoms with Crippen LogP contribution in [0, 0.1) is 0 Å². The maximum Gasteiger partial charge on any atom is 0.254 e. The van der Waals surface area contributed by atoms with E-state index in [-0.39, 0.29) is 28.4 Å². The highest BCUT2D eigenvalue weighted by molar-refractivity contribution is 7.91. The molecule has 0 N–H and O–H groups in total. The smallest absolute Gasteiger partial charge is 0.254 e. The molecule has 10 heteroatoms. The van der Waals surface area contributed by atoms with Gasteiger partial charge in [-0.1, -0.05) is 0 Å². The number of morpholine rings is 1. The molecule has 0 spiro atoms. The van der Waals surface area contributed by atoms with E-state index in [4.69, 9.17) is 4.74 Å². The third kappa shape index (κ3) is 4.34. The number of benzene rings is 1. The predicted molar refractivity (Wildman–Crippen MR) is 99.8 cm³/mol. The Labute approximate surface area is 160 Å². The molecule has 0 aromatic heterocycles. The quantitative estimate of drug-likeness (QED) is 0.687. The Hall–Kier alpha value is -1.49. The van der Waals surface area contributed by atoms with Gasteiger partial charge in [0.05, 0.1) is 29.6 Å². The van der Waals surface area contributed by atoms with Crippen molar-refractivity contribution in [3.63, 3.8) is 0 Å². The molecular weight excluding hydrogens is 392 g/mol. The van der Waals surface area contributed by atoms with E-state index in [0.29, 0.717) is 44.8 Å². The minimum atomic E-state index is -3.61. The minimum absolute atomic E-state index is 0.0178. The van der Waals surface area contributed by atoms with Crippen molar-refractivity contribution < 1.29 is 26.4 Å². The summed E-state index contributed by atoms with van der Waals surface area (Å²) in [7, 11) is -6.71. The maximum absolute atomic E-state index is 12.8. The van der Waals surface area contributed by atoms with E-state index in [2.05, 4.69) is 0 Å².